The molecule has 4 heteroatoms. The van der Waals surface area contributed by atoms with Crippen LogP contribution in [0.25, 0.3) is 0 Å². The molecule has 0 aromatic carbocycles. The molecule has 0 spiro atoms. The van der Waals surface area contributed by atoms with E-state index in [4.69, 9.17) is 0 Å². The molecule has 0 aliphatic heterocycles. The predicted molar refractivity (Wildman–Crippen MR) is 73.8 cm³/mol. The minimum Gasteiger partial charge on any atom is -0.348 e. The molecule has 0 bridgehead atoms. The van der Waals surface area contributed by atoms with E-state index in [1.807, 2.05) is 49.0 Å². The maximum absolute atomic E-state index is 4.59. The van der Waals surface area contributed by atoms with Crippen LogP contribution < -0.4 is 5.32 Å². The Morgan fingerprint density at radius 2 is 2.06 bits per heavy atom. The zero-order chi connectivity index (χ0) is 13.0. The second-order valence-corrected chi connectivity index (χ2v) is 4.08. The van der Waals surface area contributed by atoms with Crippen molar-refractivity contribution in [3.63, 3.8) is 0 Å². The molecule has 0 saturated carbocycles. The summed E-state index contributed by atoms with van der Waals surface area (Å²) in [5, 5.41) is 3.19. The lowest BCUT2D eigenvalue weighted by atomic mass is 10.3. The molecule has 18 heavy (non-hydrogen) atoms. The summed E-state index contributed by atoms with van der Waals surface area (Å²) in [7, 11) is 1.98. The van der Waals surface area contributed by atoms with Crippen molar-refractivity contribution >= 4 is 11.5 Å². The summed E-state index contributed by atoms with van der Waals surface area (Å²) >= 11 is 0. The quantitative estimate of drug-likeness (QED) is 0.662. The van der Waals surface area contributed by atoms with Gasteiger partial charge in [0.25, 0.3) is 0 Å². The Kier molecular flexibility index (Phi) is 3.57. The third-order valence-corrected chi connectivity index (χ3v) is 2.42. The Hall–Kier alpha value is -2.36. The predicted octanol–water partition coefficient (Wildman–Crippen LogP) is 2.62. The maximum atomic E-state index is 4.59. The van der Waals surface area contributed by atoms with Crippen LogP contribution >= 0.6 is 0 Å². The van der Waals surface area contributed by atoms with Gasteiger partial charge in [-0.3, -0.25) is 4.98 Å². The van der Waals surface area contributed by atoms with Gasteiger partial charge in [0.05, 0.1) is 11.4 Å². The second kappa shape index (κ2) is 5.31. The first kappa shape index (κ1) is 12.1. The van der Waals surface area contributed by atoms with Gasteiger partial charge in [-0.05, 0) is 31.2 Å². The highest BCUT2D eigenvalue weighted by Crippen LogP contribution is 2.12. The molecule has 2 aromatic heterocycles. The summed E-state index contributed by atoms with van der Waals surface area (Å²) in [6.07, 6.45) is 5.43. The zero-order valence-electron chi connectivity index (χ0n) is 10.6. The van der Waals surface area contributed by atoms with Crippen LogP contribution in [0.5, 0.6) is 0 Å². The normalized spacial score (nSPS) is 11.3. The van der Waals surface area contributed by atoms with E-state index in [1.165, 1.54) is 0 Å². The molecular weight excluding hydrogens is 224 g/mol. The Balaban J connectivity index is 2.40. The number of rotatable bonds is 3. The van der Waals surface area contributed by atoms with Gasteiger partial charge in [-0.15, -0.1) is 0 Å². The van der Waals surface area contributed by atoms with Gasteiger partial charge in [-0.2, -0.15) is 0 Å². The lowest BCUT2D eigenvalue weighted by Crippen LogP contribution is -2.24. The van der Waals surface area contributed by atoms with Gasteiger partial charge in [0.15, 0.2) is 5.84 Å². The van der Waals surface area contributed by atoms with Crippen molar-refractivity contribution in [3.8, 4) is 0 Å². The number of hydrogen-bond acceptors (Lipinski definition) is 2. The highest BCUT2D eigenvalue weighted by molar-refractivity contribution is 5.99. The molecule has 0 fully saturated rings. The third kappa shape index (κ3) is 2.85. The maximum Gasteiger partial charge on any atom is 0.154 e. The van der Waals surface area contributed by atoms with Crippen LogP contribution in [-0.2, 0) is 7.05 Å². The SMILES string of the molecule is C=C(C)NC(=Nc1ccncc1)c1cccn1C. The van der Waals surface area contributed by atoms with Crippen molar-refractivity contribution in [1.29, 1.82) is 0 Å². The van der Waals surface area contributed by atoms with E-state index < -0.39 is 0 Å². The summed E-state index contributed by atoms with van der Waals surface area (Å²) in [5.41, 5.74) is 2.72. The number of hydrogen-bond donors (Lipinski definition) is 1. The van der Waals surface area contributed by atoms with E-state index in [0.29, 0.717) is 0 Å². The fraction of sp³-hybridized carbons (Fsp3) is 0.143. The van der Waals surface area contributed by atoms with E-state index in [1.54, 1.807) is 12.4 Å². The van der Waals surface area contributed by atoms with Crippen LogP contribution in [0.1, 0.15) is 12.6 Å². The number of pyridine rings is 1. The number of aromatic nitrogens is 2. The summed E-state index contributed by atoms with van der Waals surface area (Å²) in [6.45, 7) is 5.77. The molecule has 92 valence electrons. The molecule has 2 aromatic rings. The van der Waals surface area contributed by atoms with Crippen molar-refractivity contribution in [2.45, 2.75) is 6.92 Å². The Morgan fingerprint density at radius 3 is 2.61 bits per heavy atom. The lowest BCUT2D eigenvalue weighted by molar-refractivity contribution is 0.903. The van der Waals surface area contributed by atoms with E-state index >= 15 is 0 Å². The van der Waals surface area contributed by atoms with Crippen molar-refractivity contribution in [3.05, 3.63) is 60.8 Å². The highest BCUT2D eigenvalue weighted by Gasteiger charge is 2.06. The van der Waals surface area contributed by atoms with E-state index in [9.17, 15) is 0 Å². The fourth-order valence-electron chi connectivity index (χ4n) is 1.61. The van der Waals surface area contributed by atoms with Gasteiger partial charge in [-0.25, -0.2) is 4.99 Å². The van der Waals surface area contributed by atoms with Gasteiger partial charge in [0, 0.05) is 31.3 Å². The van der Waals surface area contributed by atoms with Crippen LogP contribution in [0.2, 0.25) is 0 Å². The average molecular weight is 240 g/mol. The first-order valence-corrected chi connectivity index (χ1v) is 5.70. The van der Waals surface area contributed by atoms with Gasteiger partial charge >= 0.3 is 0 Å². The number of amidine groups is 1. The summed E-state index contributed by atoms with van der Waals surface area (Å²) in [4.78, 5) is 8.57. The monoisotopic (exact) mass is 240 g/mol. The molecule has 0 unspecified atom stereocenters. The summed E-state index contributed by atoms with van der Waals surface area (Å²) < 4.78 is 2.01. The van der Waals surface area contributed by atoms with Gasteiger partial charge in [0.1, 0.15) is 0 Å². The molecule has 2 rings (SSSR count). The molecule has 0 aliphatic carbocycles. The number of aryl methyl sites for hydroxylation is 1. The van der Waals surface area contributed by atoms with Gasteiger partial charge < -0.3 is 9.88 Å². The number of aliphatic imine (C=N–C) groups is 1. The molecule has 0 aliphatic rings. The van der Waals surface area contributed by atoms with Gasteiger partial charge in [-0.1, -0.05) is 6.58 Å². The van der Waals surface area contributed by atoms with Crippen LogP contribution in [0.4, 0.5) is 5.69 Å². The Bertz CT molecular complexity index is 566. The van der Waals surface area contributed by atoms with E-state index in [2.05, 4.69) is 21.9 Å². The van der Waals surface area contributed by atoms with Crippen molar-refractivity contribution < 1.29 is 0 Å². The minimum atomic E-state index is 0.779. The molecule has 0 atom stereocenters. The van der Waals surface area contributed by atoms with Crippen LogP contribution in [0.3, 0.4) is 0 Å². The zero-order valence-corrected chi connectivity index (χ0v) is 10.6. The topological polar surface area (TPSA) is 42.2 Å². The van der Waals surface area contributed by atoms with Crippen LogP contribution in [0, 0.1) is 0 Å². The first-order chi connectivity index (χ1) is 8.66. The number of nitrogens with one attached hydrogen (secondary N) is 1. The largest absolute Gasteiger partial charge is 0.348 e. The Morgan fingerprint density at radius 1 is 1.33 bits per heavy atom. The fourth-order valence-corrected chi connectivity index (χ4v) is 1.61. The molecule has 0 amide bonds. The molecule has 0 saturated heterocycles. The standard InChI is InChI=1S/C14H16N4/c1-11(2)16-14(13-5-4-10-18(13)3)17-12-6-8-15-9-7-12/h4-10H,1H2,2-3H3,(H,15,16,17). The van der Waals surface area contributed by atoms with Crippen molar-refractivity contribution in [2.24, 2.45) is 12.0 Å². The molecule has 2 heterocycles. The Labute approximate surface area is 107 Å². The molecule has 4 nitrogen and oxygen atoms in total. The van der Waals surface area contributed by atoms with Crippen LogP contribution in [-0.4, -0.2) is 15.4 Å². The first-order valence-electron chi connectivity index (χ1n) is 5.70. The van der Waals surface area contributed by atoms with Gasteiger partial charge in [0.2, 0.25) is 0 Å². The highest BCUT2D eigenvalue weighted by atomic mass is 15.1. The molecule has 1 N–H and O–H groups in total. The number of allylic oxidation sites excluding steroid dienone is 1. The lowest BCUT2D eigenvalue weighted by Gasteiger charge is -2.10. The second-order valence-electron chi connectivity index (χ2n) is 4.08. The number of nitrogens with zero attached hydrogens (tertiary/aromatic N) is 3. The summed E-state index contributed by atoms with van der Waals surface area (Å²) in [5.74, 6) is 0.779. The third-order valence-electron chi connectivity index (χ3n) is 2.42. The smallest absolute Gasteiger partial charge is 0.154 e. The van der Waals surface area contributed by atoms with Crippen molar-refractivity contribution in [1.82, 2.24) is 14.9 Å². The van der Waals surface area contributed by atoms with E-state index in [-0.39, 0.29) is 0 Å². The molecule has 0 radical (unpaired) electrons. The van der Waals surface area contributed by atoms with E-state index in [0.717, 1.165) is 22.9 Å². The van der Waals surface area contributed by atoms with Crippen LogP contribution in [0.15, 0.2) is 60.1 Å². The summed E-state index contributed by atoms with van der Waals surface area (Å²) in [6, 6.07) is 7.72. The minimum absolute atomic E-state index is 0.779. The van der Waals surface area contributed by atoms with Crippen molar-refractivity contribution in [2.75, 3.05) is 0 Å². The average Bonchev–Trinajstić information content (AvgIpc) is 2.75. The molecular formula is C14H16N4.